The van der Waals surface area contributed by atoms with Gasteiger partial charge < -0.3 is 20.3 Å². The minimum Gasteiger partial charge on any atom is -0.508 e. The molecule has 1 unspecified atom stereocenters. The van der Waals surface area contributed by atoms with Crippen LogP contribution in [0.4, 0.5) is 0 Å². The zero-order valence-electron chi connectivity index (χ0n) is 9.52. The minimum absolute atomic E-state index is 0.277. The van der Waals surface area contributed by atoms with Crippen LogP contribution in [0.25, 0.3) is 0 Å². The van der Waals surface area contributed by atoms with E-state index in [-0.39, 0.29) is 5.75 Å². The summed E-state index contributed by atoms with van der Waals surface area (Å²) >= 11 is 0. The second-order valence-corrected chi connectivity index (χ2v) is 3.74. The Balaban J connectivity index is 2.16. The van der Waals surface area contributed by atoms with Crippen LogP contribution < -0.4 is 5.32 Å². The third-order valence-electron chi connectivity index (χ3n) is 2.25. The molecule has 16 heavy (non-hydrogen) atoms. The molecule has 0 amide bonds. The van der Waals surface area contributed by atoms with E-state index in [4.69, 9.17) is 4.74 Å². The summed E-state index contributed by atoms with van der Waals surface area (Å²) in [5, 5.41) is 21.8. The summed E-state index contributed by atoms with van der Waals surface area (Å²) in [6.07, 6.45) is 0.244. The molecule has 4 nitrogen and oxygen atoms in total. The summed E-state index contributed by atoms with van der Waals surface area (Å²) < 4.78 is 4.82. The zero-order chi connectivity index (χ0) is 11.8. The number of benzene rings is 1. The maximum absolute atomic E-state index is 9.39. The van der Waals surface area contributed by atoms with E-state index >= 15 is 0 Å². The summed E-state index contributed by atoms with van der Waals surface area (Å²) in [5.41, 5.74) is 1.03. The van der Waals surface area contributed by atoms with Gasteiger partial charge in [0.2, 0.25) is 0 Å². The van der Waals surface area contributed by atoms with Crippen molar-refractivity contribution in [3.8, 4) is 5.75 Å². The van der Waals surface area contributed by atoms with Gasteiger partial charge in [0.15, 0.2) is 0 Å². The lowest BCUT2D eigenvalue weighted by molar-refractivity contribution is 0.0594. The Labute approximate surface area is 95.9 Å². The van der Waals surface area contributed by atoms with Crippen molar-refractivity contribution in [2.45, 2.75) is 19.1 Å². The lowest BCUT2D eigenvalue weighted by Crippen LogP contribution is -2.22. The second kappa shape index (κ2) is 7.22. The van der Waals surface area contributed by atoms with Gasteiger partial charge in [-0.25, -0.2) is 0 Å². The molecule has 0 heterocycles. The highest BCUT2D eigenvalue weighted by molar-refractivity contribution is 5.26. The van der Waals surface area contributed by atoms with Crippen molar-refractivity contribution < 1.29 is 14.9 Å². The van der Waals surface area contributed by atoms with Crippen LogP contribution in [-0.4, -0.2) is 36.6 Å². The van der Waals surface area contributed by atoms with Crippen molar-refractivity contribution in [3.05, 3.63) is 29.8 Å². The Bertz CT molecular complexity index is 304. The standard InChI is InChI=1S/C12H19NO3/c1-16-9-12(15)5-6-13-8-10-3-2-4-11(14)7-10/h2-4,7,12-15H,5-6,8-9H2,1H3. The molecule has 0 fully saturated rings. The Hall–Kier alpha value is -1.10. The Morgan fingerprint density at radius 1 is 1.44 bits per heavy atom. The highest BCUT2D eigenvalue weighted by Gasteiger charge is 2.02. The van der Waals surface area contributed by atoms with Gasteiger partial charge in [-0.05, 0) is 30.7 Å². The van der Waals surface area contributed by atoms with Crippen molar-refractivity contribution in [1.29, 1.82) is 0 Å². The van der Waals surface area contributed by atoms with Gasteiger partial charge in [-0.15, -0.1) is 0 Å². The molecule has 0 saturated carbocycles. The number of ether oxygens (including phenoxy) is 1. The molecule has 3 N–H and O–H groups in total. The van der Waals surface area contributed by atoms with E-state index in [1.165, 1.54) is 0 Å². The predicted molar refractivity (Wildman–Crippen MR) is 62.3 cm³/mol. The molecule has 0 aliphatic heterocycles. The number of phenolic OH excluding ortho intramolecular Hbond substituents is 1. The van der Waals surface area contributed by atoms with Crippen molar-refractivity contribution in [2.75, 3.05) is 20.3 Å². The quantitative estimate of drug-likeness (QED) is 0.603. The molecular weight excluding hydrogens is 206 g/mol. The molecule has 1 aromatic rings. The van der Waals surface area contributed by atoms with E-state index in [2.05, 4.69) is 5.32 Å². The van der Waals surface area contributed by atoms with Crippen molar-refractivity contribution in [2.24, 2.45) is 0 Å². The summed E-state index contributed by atoms with van der Waals surface area (Å²) in [6, 6.07) is 7.12. The number of rotatable bonds is 7. The topological polar surface area (TPSA) is 61.7 Å². The van der Waals surface area contributed by atoms with E-state index in [1.54, 1.807) is 19.2 Å². The van der Waals surface area contributed by atoms with Gasteiger partial charge in [-0.3, -0.25) is 0 Å². The molecule has 1 atom stereocenters. The second-order valence-electron chi connectivity index (χ2n) is 3.74. The zero-order valence-corrected chi connectivity index (χ0v) is 9.52. The monoisotopic (exact) mass is 225 g/mol. The van der Waals surface area contributed by atoms with Crippen molar-refractivity contribution in [3.63, 3.8) is 0 Å². The fourth-order valence-electron chi connectivity index (χ4n) is 1.44. The van der Waals surface area contributed by atoms with Gasteiger partial charge in [0.1, 0.15) is 5.75 Å². The van der Waals surface area contributed by atoms with Gasteiger partial charge in [0, 0.05) is 13.7 Å². The van der Waals surface area contributed by atoms with E-state index in [1.807, 2.05) is 12.1 Å². The fourth-order valence-corrected chi connectivity index (χ4v) is 1.44. The molecule has 4 heteroatoms. The highest BCUT2D eigenvalue weighted by atomic mass is 16.5. The van der Waals surface area contributed by atoms with Gasteiger partial charge in [-0.2, -0.15) is 0 Å². The Kier molecular flexibility index (Phi) is 5.85. The number of phenols is 1. The number of hydrogen-bond acceptors (Lipinski definition) is 4. The molecule has 1 aromatic carbocycles. The van der Waals surface area contributed by atoms with Crippen LogP contribution in [0, 0.1) is 0 Å². The van der Waals surface area contributed by atoms with Gasteiger partial charge in [0.05, 0.1) is 12.7 Å². The smallest absolute Gasteiger partial charge is 0.115 e. The molecule has 0 spiro atoms. The van der Waals surface area contributed by atoms with Crippen LogP contribution in [0.1, 0.15) is 12.0 Å². The number of aliphatic hydroxyl groups is 1. The van der Waals surface area contributed by atoms with Gasteiger partial charge >= 0.3 is 0 Å². The first-order valence-electron chi connectivity index (χ1n) is 5.38. The SMILES string of the molecule is COCC(O)CCNCc1cccc(O)c1. The van der Waals surface area contributed by atoms with Crippen LogP contribution in [0.15, 0.2) is 24.3 Å². The van der Waals surface area contributed by atoms with Gasteiger partial charge in [0.25, 0.3) is 0 Å². The average Bonchev–Trinajstić information content (AvgIpc) is 2.25. The lowest BCUT2D eigenvalue weighted by atomic mass is 10.2. The van der Waals surface area contributed by atoms with Crippen molar-refractivity contribution in [1.82, 2.24) is 5.32 Å². The first-order chi connectivity index (χ1) is 7.72. The average molecular weight is 225 g/mol. The first-order valence-corrected chi connectivity index (χ1v) is 5.38. The summed E-state index contributed by atoms with van der Waals surface area (Å²) in [6.45, 7) is 1.78. The maximum atomic E-state index is 9.39. The third kappa shape index (κ3) is 5.11. The summed E-state index contributed by atoms with van der Waals surface area (Å²) in [7, 11) is 1.57. The van der Waals surface area contributed by atoms with Crippen molar-refractivity contribution >= 4 is 0 Å². The summed E-state index contributed by atoms with van der Waals surface area (Å²) in [5.74, 6) is 0.277. The highest BCUT2D eigenvalue weighted by Crippen LogP contribution is 2.10. The van der Waals surface area contributed by atoms with Gasteiger partial charge in [-0.1, -0.05) is 12.1 Å². The molecule has 0 aliphatic rings. The number of aliphatic hydroxyl groups excluding tert-OH is 1. The van der Waals surface area contributed by atoms with Crippen LogP contribution in [0.3, 0.4) is 0 Å². The molecular formula is C12H19NO3. The number of nitrogens with one attached hydrogen (secondary N) is 1. The normalized spacial score (nSPS) is 12.6. The first kappa shape index (κ1) is 13.0. The Morgan fingerprint density at radius 3 is 2.94 bits per heavy atom. The van der Waals surface area contributed by atoms with E-state index in [0.29, 0.717) is 19.6 Å². The molecule has 0 aliphatic carbocycles. The van der Waals surface area contributed by atoms with E-state index < -0.39 is 6.10 Å². The fraction of sp³-hybridized carbons (Fsp3) is 0.500. The van der Waals surface area contributed by atoms with Crippen LogP contribution in [0.2, 0.25) is 0 Å². The van der Waals surface area contributed by atoms with E-state index in [0.717, 1.165) is 12.1 Å². The number of aromatic hydroxyl groups is 1. The number of methoxy groups -OCH3 is 1. The lowest BCUT2D eigenvalue weighted by Gasteiger charge is -2.10. The van der Waals surface area contributed by atoms with Crippen LogP contribution in [-0.2, 0) is 11.3 Å². The molecule has 0 radical (unpaired) electrons. The third-order valence-corrected chi connectivity index (χ3v) is 2.25. The maximum Gasteiger partial charge on any atom is 0.115 e. The molecule has 90 valence electrons. The largest absolute Gasteiger partial charge is 0.508 e. The number of hydrogen-bond donors (Lipinski definition) is 3. The Morgan fingerprint density at radius 2 is 2.25 bits per heavy atom. The summed E-state index contributed by atoms with van der Waals surface area (Å²) in [4.78, 5) is 0. The molecule has 0 bridgehead atoms. The van der Waals surface area contributed by atoms with E-state index in [9.17, 15) is 10.2 Å². The van der Waals surface area contributed by atoms with Crippen LogP contribution in [0.5, 0.6) is 5.75 Å². The minimum atomic E-state index is -0.415. The van der Waals surface area contributed by atoms with Crippen LogP contribution >= 0.6 is 0 Å². The predicted octanol–water partition coefficient (Wildman–Crippen LogP) is 0.879. The molecule has 1 rings (SSSR count). The molecule has 0 saturated heterocycles. The molecule has 0 aromatic heterocycles.